The lowest BCUT2D eigenvalue weighted by molar-refractivity contribution is -0.141. The Morgan fingerprint density at radius 3 is 2.38 bits per heavy atom. The van der Waals surface area contributed by atoms with Crippen molar-refractivity contribution in [3.63, 3.8) is 0 Å². The second-order valence-electron chi connectivity index (χ2n) is 5.09. The molecule has 0 amide bonds. The number of nitrogens with zero attached hydrogens (tertiary/aromatic N) is 1. The molecule has 0 saturated heterocycles. The number of benzene rings is 1. The van der Waals surface area contributed by atoms with Gasteiger partial charge in [0.05, 0.1) is 10.5 Å². The highest BCUT2D eigenvalue weighted by molar-refractivity contribution is 6.35. The van der Waals surface area contributed by atoms with E-state index in [-0.39, 0.29) is 16.6 Å². The van der Waals surface area contributed by atoms with E-state index in [0.29, 0.717) is 15.6 Å². The number of hydrogen-bond donors (Lipinski definition) is 2. The van der Waals surface area contributed by atoms with Gasteiger partial charge in [-0.1, -0.05) is 11.6 Å². The van der Waals surface area contributed by atoms with Crippen LogP contribution in [0.5, 0.6) is 0 Å². The van der Waals surface area contributed by atoms with Gasteiger partial charge in [0.2, 0.25) is 0 Å². The first-order valence-electron chi connectivity index (χ1n) is 6.51. The van der Waals surface area contributed by atoms with Gasteiger partial charge in [-0.05, 0) is 19.1 Å². The second kappa shape index (κ2) is 5.23. The van der Waals surface area contributed by atoms with Gasteiger partial charge in [0.1, 0.15) is 11.4 Å². The summed E-state index contributed by atoms with van der Waals surface area (Å²) >= 11 is 5.92. The zero-order valence-electron chi connectivity index (χ0n) is 11.9. The maximum Gasteiger partial charge on any atom is 0.431 e. The first kappa shape index (κ1) is 16.3. The predicted octanol–water partition coefficient (Wildman–Crippen LogP) is 3.13. The van der Waals surface area contributed by atoms with Crippen LogP contribution in [0.15, 0.2) is 27.8 Å². The minimum atomic E-state index is -4.91. The van der Waals surface area contributed by atoms with Crippen LogP contribution in [0.2, 0.25) is 5.02 Å². The van der Waals surface area contributed by atoms with E-state index in [1.165, 1.54) is 4.98 Å². The van der Waals surface area contributed by atoms with Crippen LogP contribution in [0, 0.1) is 12.7 Å². The molecule has 126 valence electrons. The Morgan fingerprint density at radius 1 is 1.12 bits per heavy atom. The minimum Gasteiger partial charge on any atom is -0.357 e. The van der Waals surface area contributed by atoms with Gasteiger partial charge in [0, 0.05) is 17.1 Å². The molecule has 0 unspecified atom stereocenters. The second-order valence-corrected chi connectivity index (χ2v) is 5.50. The topological polar surface area (TPSA) is 70.7 Å². The molecular weight excluding hydrogens is 354 g/mol. The van der Waals surface area contributed by atoms with E-state index in [2.05, 4.69) is 4.98 Å². The monoisotopic (exact) mass is 361 g/mol. The van der Waals surface area contributed by atoms with Crippen LogP contribution < -0.4 is 11.2 Å². The van der Waals surface area contributed by atoms with E-state index in [1.807, 2.05) is 0 Å². The molecule has 0 radical (unpaired) electrons. The molecule has 0 atom stereocenters. The fourth-order valence-electron chi connectivity index (χ4n) is 2.42. The summed E-state index contributed by atoms with van der Waals surface area (Å²) in [5.74, 6) is -1.03. The summed E-state index contributed by atoms with van der Waals surface area (Å²) in [6.07, 6.45) is -4.91. The van der Waals surface area contributed by atoms with Gasteiger partial charge in [-0.25, -0.2) is 13.8 Å². The number of nitrogens with one attached hydrogen (secondary N) is 2. The normalized spacial score (nSPS) is 12.1. The van der Waals surface area contributed by atoms with E-state index >= 15 is 0 Å². The van der Waals surface area contributed by atoms with E-state index in [4.69, 9.17) is 11.6 Å². The Labute approximate surface area is 135 Å². The van der Waals surface area contributed by atoms with E-state index in [1.54, 1.807) is 13.0 Å². The molecule has 0 aliphatic heterocycles. The number of aromatic amines is 2. The van der Waals surface area contributed by atoms with Crippen molar-refractivity contribution in [2.45, 2.75) is 13.1 Å². The number of aryl methyl sites for hydroxylation is 1. The summed E-state index contributed by atoms with van der Waals surface area (Å²) in [5, 5.41) is 0.365. The van der Waals surface area contributed by atoms with Crippen molar-refractivity contribution in [3.8, 4) is 5.69 Å². The van der Waals surface area contributed by atoms with Gasteiger partial charge >= 0.3 is 11.9 Å². The molecule has 0 aliphatic carbocycles. The number of H-pyrrole nitrogens is 2. The zero-order chi connectivity index (χ0) is 17.8. The molecule has 0 fully saturated rings. The van der Waals surface area contributed by atoms with Gasteiger partial charge < -0.3 is 9.97 Å². The Morgan fingerprint density at radius 2 is 1.79 bits per heavy atom. The molecule has 2 heterocycles. The first-order chi connectivity index (χ1) is 11.1. The molecule has 2 N–H and O–H groups in total. The number of fused-ring (bicyclic) bond motifs is 1. The van der Waals surface area contributed by atoms with Crippen molar-refractivity contribution in [1.29, 1.82) is 0 Å². The maximum atomic E-state index is 14.3. The third kappa shape index (κ3) is 2.50. The van der Waals surface area contributed by atoms with Crippen molar-refractivity contribution in [2.24, 2.45) is 0 Å². The van der Waals surface area contributed by atoms with Crippen molar-refractivity contribution >= 4 is 22.5 Å². The summed E-state index contributed by atoms with van der Waals surface area (Å²) in [5.41, 5.74) is -4.14. The average molecular weight is 362 g/mol. The molecule has 24 heavy (non-hydrogen) atoms. The Balaban J connectivity index is 2.42. The van der Waals surface area contributed by atoms with Crippen molar-refractivity contribution in [1.82, 2.24) is 14.5 Å². The van der Waals surface area contributed by atoms with Crippen LogP contribution in [0.25, 0.3) is 16.6 Å². The molecule has 5 nitrogen and oxygen atoms in total. The number of hydrogen-bond acceptors (Lipinski definition) is 2. The Bertz CT molecular complexity index is 1050. The molecule has 2 aromatic heterocycles. The van der Waals surface area contributed by atoms with Gasteiger partial charge in [0.15, 0.2) is 5.82 Å². The van der Waals surface area contributed by atoms with Gasteiger partial charge in [0.25, 0.3) is 5.56 Å². The molecule has 10 heteroatoms. The Hall–Kier alpha value is -2.55. The van der Waals surface area contributed by atoms with Crippen molar-refractivity contribution < 1.29 is 17.6 Å². The molecule has 0 bridgehead atoms. The molecule has 3 rings (SSSR count). The van der Waals surface area contributed by atoms with Crippen LogP contribution in [-0.4, -0.2) is 14.5 Å². The van der Waals surface area contributed by atoms with Gasteiger partial charge in [-0.15, -0.1) is 0 Å². The smallest absolute Gasteiger partial charge is 0.357 e. The molecule has 3 aromatic rings. The van der Waals surface area contributed by atoms with E-state index < -0.39 is 34.6 Å². The highest BCUT2D eigenvalue weighted by Crippen LogP contribution is 2.31. The molecule has 1 aromatic carbocycles. The largest absolute Gasteiger partial charge is 0.431 e. The lowest BCUT2D eigenvalue weighted by atomic mass is 10.2. The molecule has 0 spiro atoms. The third-order valence-corrected chi connectivity index (χ3v) is 3.70. The molecular formula is C14H8ClF4N3O2. The lowest BCUT2D eigenvalue weighted by Gasteiger charge is -2.11. The number of alkyl halides is 3. The highest BCUT2D eigenvalue weighted by Gasteiger charge is 2.33. The number of aromatic nitrogens is 3. The van der Waals surface area contributed by atoms with Crippen LogP contribution in [0.4, 0.5) is 17.6 Å². The summed E-state index contributed by atoms with van der Waals surface area (Å²) in [6, 6.07) is 2.64. The van der Waals surface area contributed by atoms with Crippen LogP contribution in [-0.2, 0) is 6.18 Å². The minimum absolute atomic E-state index is 0.0323. The summed E-state index contributed by atoms with van der Waals surface area (Å²) in [6.45, 7) is 1.64. The quantitative estimate of drug-likeness (QED) is 0.654. The lowest BCUT2D eigenvalue weighted by Crippen LogP contribution is -2.36. The first-order valence-corrected chi connectivity index (χ1v) is 6.88. The van der Waals surface area contributed by atoms with E-state index in [0.717, 1.165) is 6.07 Å². The van der Waals surface area contributed by atoms with Crippen LogP contribution in [0.3, 0.4) is 0 Å². The highest BCUT2D eigenvalue weighted by atomic mass is 35.5. The fourth-order valence-corrected chi connectivity index (χ4v) is 2.66. The standard InChI is InChI=1S/C14H8ClF4N3O2/c1-5-2-6-7(15)3-8(16)12(11(6)20-5)22-10(23)4-9(14(17,18)19)21-13(22)24/h2-4,20H,1H3,(H,21,24). The van der Waals surface area contributed by atoms with Gasteiger partial charge in [-0.3, -0.25) is 4.79 Å². The van der Waals surface area contributed by atoms with E-state index in [9.17, 15) is 27.2 Å². The Kier molecular flexibility index (Phi) is 3.56. The average Bonchev–Trinajstić information content (AvgIpc) is 2.82. The fraction of sp³-hybridized carbons (Fsp3) is 0.143. The number of rotatable bonds is 1. The third-order valence-electron chi connectivity index (χ3n) is 3.39. The maximum absolute atomic E-state index is 14.3. The zero-order valence-corrected chi connectivity index (χ0v) is 12.6. The predicted molar refractivity (Wildman–Crippen MR) is 79.2 cm³/mol. The van der Waals surface area contributed by atoms with Gasteiger partial charge in [-0.2, -0.15) is 13.2 Å². The van der Waals surface area contributed by atoms with Crippen LogP contribution in [0.1, 0.15) is 11.4 Å². The van der Waals surface area contributed by atoms with Crippen LogP contribution >= 0.6 is 11.6 Å². The SMILES string of the molecule is Cc1cc2c(Cl)cc(F)c(-n3c(=O)cc(C(F)(F)F)[nH]c3=O)c2[nH]1. The summed E-state index contributed by atoms with van der Waals surface area (Å²) in [4.78, 5) is 28.3. The van der Waals surface area contributed by atoms with Crippen molar-refractivity contribution in [2.75, 3.05) is 0 Å². The number of halogens is 5. The van der Waals surface area contributed by atoms with Crippen molar-refractivity contribution in [3.05, 3.63) is 61.3 Å². The summed E-state index contributed by atoms with van der Waals surface area (Å²) in [7, 11) is 0. The summed E-state index contributed by atoms with van der Waals surface area (Å²) < 4.78 is 52.6. The molecule has 0 saturated carbocycles. The molecule has 0 aliphatic rings.